The van der Waals surface area contributed by atoms with E-state index in [0.29, 0.717) is 16.9 Å². The minimum atomic E-state index is -0.741. The summed E-state index contributed by atoms with van der Waals surface area (Å²) in [4.78, 5) is 12.6. The number of hydrogen-bond donors (Lipinski definition) is 3. The lowest BCUT2D eigenvalue weighted by atomic mass is 9.78. The lowest BCUT2D eigenvalue weighted by molar-refractivity contribution is 0.0948. The number of anilines is 2. The second-order valence-corrected chi connectivity index (χ2v) is 5.99. The molecule has 1 aliphatic rings. The fourth-order valence-corrected chi connectivity index (χ4v) is 3.40. The Labute approximate surface area is 140 Å². The van der Waals surface area contributed by atoms with E-state index < -0.39 is 5.54 Å². The van der Waals surface area contributed by atoms with Crippen molar-refractivity contribution in [2.24, 2.45) is 0 Å². The summed E-state index contributed by atoms with van der Waals surface area (Å²) < 4.78 is 0. The lowest BCUT2D eigenvalue weighted by Gasteiger charge is -2.32. The molecule has 0 saturated heterocycles. The van der Waals surface area contributed by atoms with E-state index in [0.717, 1.165) is 16.7 Å². The van der Waals surface area contributed by atoms with Gasteiger partial charge in [0.05, 0.1) is 0 Å². The maximum absolute atomic E-state index is 12.6. The number of nitrogens with one attached hydrogen (secondary N) is 1. The molecule has 3 aromatic rings. The van der Waals surface area contributed by atoms with E-state index in [9.17, 15) is 4.79 Å². The van der Waals surface area contributed by atoms with Crippen LogP contribution < -0.4 is 16.8 Å². The van der Waals surface area contributed by atoms with Gasteiger partial charge in [-0.1, -0.05) is 42.5 Å². The number of hydrogen-bond acceptors (Lipinski definition) is 3. The van der Waals surface area contributed by atoms with Gasteiger partial charge in [-0.3, -0.25) is 4.79 Å². The first-order valence-electron chi connectivity index (χ1n) is 7.75. The van der Waals surface area contributed by atoms with Crippen LogP contribution >= 0.6 is 0 Å². The van der Waals surface area contributed by atoms with Crippen LogP contribution in [-0.2, 0) is 5.54 Å². The number of carbonyl (C=O) groups excluding carboxylic acids is 1. The molecule has 118 valence electrons. The molecule has 0 fully saturated rings. The van der Waals surface area contributed by atoms with Crippen molar-refractivity contribution in [1.82, 2.24) is 5.32 Å². The van der Waals surface area contributed by atoms with Crippen LogP contribution in [0.2, 0.25) is 0 Å². The molecule has 0 aromatic heterocycles. The van der Waals surface area contributed by atoms with Gasteiger partial charge in [0.25, 0.3) is 5.91 Å². The summed E-state index contributed by atoms with van der Waals surface area (Å²) in [6, 6.07) is 22.9. The van der Waals surface area contributed by atoms with Gasteiger partial charge >= 0.3 is 0 Å². The van der Waals surface area contributed by atoms with Gasteiger partial charge < -0.3 is 16.8 Å². The van der Waals surface area contributed by atoms with Crippen LogP contribution in [0.5, 0.6) is 0 Å². The summed E-state index contributed by atoms with van der Waals surface area (Å²) >= 11 is 0. The van der Waals surface area contributed by atoms with Crippen LogP contribution in [0.25, 0.3) is 0 Å². The third-order valence-corrected chi connectivity index (χ3v) is 4.56. The molecule has 4 rings (SSSR count). The number of amides is 1. The van der Waals surface area contributed by atoms with E-state index in [1.807, 2.05) is 72.8 Å². The topological polar surface area (TPSA) is 81.1 Å². The Morgan fingerprint density at radius 1 is 0.708 bits per heavy atom. The minimum Gasteiger partial charge on any atom is -0.399 e. The normalized spacial score (nSPS) is 14.9. The monoisotopic (exact) mass is 315 g/mol. The molecule has 0 spiro atoms. The summed E-state index contributed by atoms with van der Waals surface area (Å²) in [5.41, 5.74) is 15.9. The summed E-state index contributed by atoms with van der Waals surface area (Å²) in [5, 5.41) is 3.18. The van der Waals surface area contributed by atoms with Crippen LogP contribution in [0.15, 0.2) is 72.8 Å². The zero-order valence-electron chi connectivity index (χ0n) is 13.0. The first-order valence-corrected chi connectivity index (χ1v) is 7.75. The molecular weight excluding hydrogens is 298 g/mol. The van der Waals surface area contributed by atoms with Gasteiger partial charge in [-0.05, 0) is 47.0 Å². The molecule has 1 heterocycles. The quantitative estimate of drug-likeness (QED) is 0.636. The fourth-order valence-electron chi connectivity index (χ4n) is 3.40. The molecule has 0 radical (unpaired) electrons. The maximum Gasteiger partial charge on any atom is 0.252 e. The highest BCUT2D eigenvalue weighted by Gasteiger charge is 2.45. The molecule has 4 nitrogen and oxygen atoms in total. The Hall–Kier alpha value is -3.27. The largest absolute Gasteiger partial charge is 0.399 e. The fraction of sp³-hybridized carbons (Fsp3) is 0.0500. The average Bonchev–Trinajstić information content (AvgIpc) is 2.91. The predicted molar refractivity (Wildman–Crippen MR) is 95.5 cm³/mol. The van der Waals surface area contributed by atoms with Crippen LogP contribution in [0.3, 0.4) is 0 Å². The lowest BCUT2D eigenvalue weighted by Crippen LogP contribution is -2.41. The summed E-state index contributed by atoms with van der Waals surface area (Å²) in [6.45, 7) is 0. The smallest absolute Gasteiger partial charge is 0.252 e. The molecule has 0 bridgehead atoms. The number of fused-ring (bicyclic) bond motifs is 1. The van der Waals surface area contributed by atoms with E-state index in [-0.39, 0.29) is 5.91 Å². The molecule has 0 unspecified atom stereocenters. The molecule has 4 heteroatoms. The van der Waals surface area contributed by atoms with Gasteiger partial charge in [-0.15, -0.1) is 0 Å². The molecule has 5 N–H and O–H groups in total. The van der Waals surface area contributed by atoms with Crippen molar-refractivity contribution in [2.75, 3.05) is 11.5 Å². The Bertz CT molecular complexity index is 869. The zero-order valence-corrected chi connectivity index (χ0v) is 13.0. The number of carbonyl (C=O) groups is 1. The predicted octanol–water partition coefficient (Wildman–Crippen LogP) is 2.89. The van der Waals surface area contributed by atoms with Crippen molar-refractivity contribution in [3.8, 4) is 0 Å². The van der Waals surface area contributed by atoms with Crippen molar-refractivity contribution in [1.29, 1.82) is 0 Å². The second-order valence-electron chi connectivity index (χ2n) is 5.99. The van der Waals surface area contributed by atoms with Gasteiger partial charge in [-0.25, -0.2) is 0 Å². The van der Waals surface area contributed by atoms with Gasteiger partial charge in [0, 0.05) is 16.9 Å². The molecule has 0 saturated carbocycles. The van der Waals surface area contributed by atoms with Crippen molar-refractivity contribution in [2.45, 2.75) is 5.54 Å². The van der Waals surface area contributed by atoms with Crippen LogP contribution in [0, 0.1) is 0 Å². The highest BCUT2D eigenvalue weighted by atomic mass is 16.2. The molecule has 1 amide bonds. The SMILES string of the molecule is Nc1ccc(C2(c3ccc(N)cc3)NC(=O)c3ccccc32)cc1. The third kappa shape index (κ3) is 1.97. The van der Waals surface area contributed by atoms with E-state index in [1.54, 1.807) is 0 Å². The second kappa shape index (κ2) is 5.13. The Morgan fingerprint density at radius 3 is 1.75 bits per heavy atom. The van der Waals surface area contributed by atoms with E-state index in [4.69, 9.17) is 11.5 Å². The van der Waals surface area contributed by atoms with Gasteiger partial charge in [0.15, 0.2) is 0 Å². The molecule has 1 aliphatic heterocycles. The summed E-state index contributed by atoms with van der Waals surface area (Å²) in [7, 11) is 0. The zero-order chi connectivity index (χ0) is 16.7. The molecule has 0 aliphatic carbocycles. The number of nitrogens with two attached hydrogens (primary N) is 2. The van der Waals surface area contributed by atoms with Gasteiger partial charge in [0.1, 0.15) is 5.54 Å². The Morgan fingerprint density at radius 2 is 1.21 bits per heavy atom. The Balaban J connectivity index is 2.03. The third-order valence-electron chi connectivity index (χ3n) is 4.56. The highest BCUT2D eigenvalue weighted by Crippen LogP contribution is 2.42. The maximum atomic E-state index is 12.6. The summed E-state index contributed by atoms with van der Waals surface area (Å²) in [5.74, 6) is -0.0840. The van der Waals surface area contributed by atoms with Crippen molar-refractivity contribution >= 4 is 17.3 Å². The first-order chi connectivity index (χ1) is 11.6. The Kier molecular flexibility index (Phi) is 3.06. The molecule has 24 heavy (non-hydrogen) atoms. The van der Waals surface area contributed by atoms with Crippen LogP contribution in [0.4, 0.5) is 11.4 Å². The highest BCUT2D eigenvalue weighted by molar-refractivity contribution is 6.01. The number of rotatable bonds is 2. The van der Waals surface area contributed by atoms with Crippen LogP contribution in [-0.4, -0.2) is 5.91 Å². The summed E-state index contributed by atoms with van der Waals surface area (Å²) in [6.07, 6.45) is 0. The minimum absolute atomic E-state index is 0.0840. The molecule has 3 aromatic carbocycles. The van der Waals surface area contributed by atoms with Crippen molar-refractivity contribution in [3.05, 3.63) is 95.1 Å². The van der Waals surface area contributed by atoms with Crippen LogP contribution in [0.1, 0.15) is 27.0 Å². The molecular formula is C20H17N3O. The number of benzene rings is 3. The van der Waals surface area contributed by atoms with E-state index in [2.05, 4.69) is 5.32 Å². The van der Waals surface area contributed by atoms with Crippen molar-refractivity contribution in [3.63, 3.8) is 0 Å². The standard InChI is InChI=1S/C20H17N3O/c21-15-9-5-13(6-10-15)20(14-7-11-16(22)12-8-14)18-4-2-1-3-17(18)19(24)23-20/h1-12H,21-22H2,(H,23,24). The van der Waals surface area contributed by atoms with Gasteiger partial charge in [0.2, 0.25) is 0 Å². The number of nitrogen functional groups attached to an aromatic ring is 2. The van der Waals surface area contributed by atoms with Gasteiger partial charge in [-0.2, -0.15) is 0 Å². The average molecular weight is 315 g/mol. The van der Waals surface area contributed by atoms with E-state index >= 15 is 0 Å². The first kappa shape index (κ1) is 14.3. The van der Waals surface area contributed by atoms with E-state index in [1.165, 1.54) is 0 Å². The molecule has 0 atom stereocenters. The van der Waals surface area contributed by atoms with Crippen molar-refractivity contribution < 1.29 is 4.79 Å².